The Morgan fingerprint density at radius 3 is 1.13 bits per heavy atom. The van der Waals surface area contributed by atoms with E-state index in [2.05, 4.69) is 74.6 Å². The summed E-state index contributed by atoms with van der Waals surface area (Å²) in [6.07, 6.45) is 73.0. The Kier molecular flexibility index (Phi) is 54.7. The maximum absolute atomic E-state index is 12.8. The van der Waals surface area contributed by atoms with Crippen molar-refractivity contribution in [1.82, 2.24) is 0 Å². The van der Waals surface area contributed by atoms with Crippen molar-refractivity contribution in [3.8, 4) is 0 Å². The summed E-state index contributed by atoms with van der Waals surface area (Å²) in [7, 11) is 1.49. The van der Waals surface area contributed by atoms with E-state index in [0.717, 1.165) is 70.6 Å². The van der Waals surface area contributed by atoms with Crippen LogP contribution in [0.15, 0.2) is 60.8 Å². The van der Waals surface area contributed by atoms with E-state index in [-0.39, 0.29) is 25.6 Å². The first kappa shape index (κ1) is 72.7. The quantitative estimate of drug-likeness (QED) is 0.0211. The Labute approximate surface area is 464 Å². The summed E-state index contributed by atoms with van der Waals surface area (Å²) in [5, 5.41) is 0. The molecule has 0 heterocycles. The fourth-order valence-corrected chi connectivity index (χ4v) is 9.73. The average Bonchev–Trinajstić information content (AvgIpc) is 3.37. The molecule has 9 nitrogen and oxygen atoms in total. The van der Waals surface area contributed by atoms with Crippen molar-refractivity contribution in [1.29, 1.82) is 0 Å². The van der Waals surface area contributed by atoms with Gasteiger partial charge in [-0.1, -0.05) is 280 Å². The molecule has 0 aromatic carbocycles. The number of unbranched alkanes of at least 4 members (excludes halogenated alkanes) is 34. The van der Waals surface area contributed by atoms with Crippen LogP contribution in [-0.2, 0) is 32.7 Å². The number of quaternary nitrogens is 1. The summed E-state index contributed by atoms with van der Waals surface area (Å²) in [6.45, 7) is 4.36. The molecule has 0 aromatic rings. The van der Waals surface area contributed by atoms with Crippen molar-refractivity contribution in [2.45, 2.75) is 296 Å². The predicted octanol–water partition coefficient (Wildman–Crippen LogP) is 19.9. The highest BCUT2D eigenvalue weighted by atomic mass is 31.2. The number of likely N-dealkylation sites (N-methyl/N-ethyl adjacent to an activating group) is 1. The molecule has 0 spiro atoms. The van der Waals surface area contributed by atoms with Crippen LogP contribution in [-0.4, -0.2) is 74.9 Å². The van der Waals surface area contributed by atoms with Crippen LogP contribution in [0.3, 0.4) is 0 Å². The van der Waals surface area contributed by atoms with Gasteiger partial charge >= 0.3 is 19.8 Å². The highest BCUT2D eigenvalue weighted by Gasteiger charge is 2.27. The molecule has 0 saturated carbocycles. The van der Waals surface area contributed by atoms with Crippen molar-refractivity contribution in [3.05, 3.63) is 60.8 Å². The largest absolute Gasteiger partial charge is 0.472 e. The van der Waals surface area contributed by atoms with E-state index in [1.165, 1.54) is 186 Å². The van der Waals surface area contributed by atoms with Gasteiger partial charge in [-0.3, -0.25) is 18.6 Å². The molecule has 75 heavy (non-hydrogen) atoms. The molecule has 10 heteroatoms. The summed E-state index contributed by atoms with van der Waals surface area (Å²) in [6, 6.07) is 0. The summed E-state index contributed by atoms with van der Waals surface area (Å²) in [5.41, 5.74) is 0. The molecule has 0 amide bonds. The molecule has 0 bridgehead atoms. The summed E-state index contributed by atoms with van der Waals surface area (Å²) >= 11 is 0. The third-order valence-corrected chi connectivity index (χ3v) is 14.8. The van der Waals surface area contributed by atoms with Gasteiger partial charge in [-0.15, -0.1) is 0 Å². The number of allylic oxidation sites excluding steroid dienone is 10. The number of ether oxygens (including phenoxy) is 2. The van der Waals surface area contributed by atoms with Gasteiger partial charge in [-0.05, 0) is 57.8 Å². The summed E-state index contributed by atoms with van der Waals surface area (Å²) in [5.74, 6) is -0.786. The standard InChI is InChI=1S/C65H120NO8P/c1-6-8-10-12-14-16-18-20-22-24-26-28-30-31-32-33-34-35-36-38-40-42-44-46-48-50-52-54-56-58-65(68)74-63(62-73-75(69,70)72-60-59-66(3,4)5)61-71-64(67)57-55-53-51-49-47-45-43-41-39-37-29-27-25-23-21-19-17-15-13-11-9-7-2/h8,10,14,16,20,22,26,28,31-32,63H,6-7,9,11-13,15,17-19,21,23-25,27,29-30,33-62H2,1-5H3/p+1/b10-8-,16-14-,22-20-,28-26-,32-31-. The Morgan fingerprint density at radius 1 is 0.427 bits per heavy atom. The van der Waals surface area contributed by atoms with Gasteiger partial charge < -0.3 is 18.9 Å². The molecule has 2 unspecified atom stereocenters. The Hall–Kier alpha value is -2.29. The zero-order valence-electron chi connectivity index (χ0n) is 49.8. The van der Waals surface area contributed by atoms with E-state index < -0.39 is 26.5 Å². The number of rotatable bonds is 58. The van der Waals surface area contributed by atoms with E-state index in [9.17, 15) is 19.0 Å². The Morgan fingerprint density at radius 2 is 0.760 bits per heavy atom. The van der Waals surface area contributed by atoms with Crippen LogP contribution in [0.4, 0.5) is 0 Å². The third-order valence-electron chi connectivity index (χ3n) is 13.8. The minimum absolute atomic E-state index is 0.0319. The van der Waals surface area contributed by atoms with Gasteiger partial charge in [-0.25, -0.2) is 4.57 Å². The first-order valence-corrected chi connectivity index (χ1v) is 33.0. The van der Waals surface area contributed by atoms with E-state index >= 15 is 0 Å². The topological polar surface area (TPSA) is 108 Å². The SMILES string of the molecule is CC/C=C\C/C=C\C/C=C\C/C=C\C/C=C\CCCCCCCCCCCCCCCC(=O)OC(COC(=O)CCCCCCCCCCCCCCCCCCCCCCCC)COP(=O)(O)OCC[N+](C)(C)C. The van der Waals surface area contributed by atoms with E-state index in [1.807, 2.05) is 21.1 Å². The van der Waals surface area contributed by atoms with E-state index in [1.54, 1.807) is 0 Å². The summed E-state index contributed by atoms with van der Waals surface area (Å²) < 4.78 is 34.7. The van der Waals surface area contributed by atoms with Gasteiger partial charge in [0, 0.05) is 12.8 Å². The second kappa shape index (κ2) is 56.4. The van der Waals surface area contributed by atoms with Crippen molar-refractivity contribution >= 4 is 19.8 Å². The third kappa shape index (κ3) is 60.8. The fourth-order valence-electron chi connectivity index (χ4n) is 8.99. The molecular formula is C65H121NO8P+. The minimum Gasteiger partial charge on any atom is -0.462 e. The average molecular weight is 1080 g/mol. The van der Waals surface area contributed by atoms with Gasteiger partial charge in [0.05, 0.1) is 27.7 Å². The zero-order chi connectivity index (χ0) is 54.9. The number of hydrogen-bond acceptors (Lipinski definition) is 7. The lowest BCUT2D eigenvalue weighted by atomic mass is 10.0. The van der Waals surface area contributed by atoms with Crippen molar-refractivity contribution in [3.63, 3.8) is 0 Å². The van der Waals surface area contributed by atoms with Gasteiger partial charge in [-0.2, -0.15) is 0 Å². The number of esters is 2. The molecule has 0 aliphatic rings. The lowest BCUT2D eigenvalue weighted by Gasteiger charge is -2.24. The maximum Gasteiger partial charge on any atom is 0.472 e. The van der Waals surface area contributed by atoms with Crippen LogP contribution in [0, 0.1) is 0 Å². The second-order valence-electron chi connectivity index (χ2n) is 22.4. The fraction of sp³-hybridized carbons (Fsp3) is 0.815. The number of phosphoric acid groups is 1. The predicted molar refractivity (Wildman–Crippen MR) is 321 cm³/mol. The summed E-state index contributed by atoms with van der Waals surface area (Å²) in [4.78, 5) is 35.8. The first-order valence-electron chi connectivity index (χ1n) is 31.5. The van der Waals surface area contributed by atoms with Crippen LogP contribution in [0.5, 0.6) is 0 Å². The second-order valence-corrected chi connectivity index (χ2v) is 23.9. The molecule has 0 aromatic heterocycles. The van der Waals surface area contributed by atoms with E-state index in [4.69, 9.17) is 18.5 Å². The molecule has 0 radical (unpaired) electrons. The van der Waals surface area contributed by atoms with Crippen LogP contribution in [0.2, 0.25) is 0 Å². The molecule has 2 atom stereocenters. The minimum atomic E-state index is -4.39. The van der Waals surface area contributed by atoms with E-state index in [0.29, 0.717) is 23.9 Å². The van der Waals surface area contributed by atoms with Crippen LogP contribution in [0.1, 0.15) is 290 Å². The Balaban J connectivity index is 4.09. The molecule has 0 aliphatic carbocycles. The smallest absolute Gasteiger partial charge is 0.462 e. The Bertz CT molecular complexity index is 1450. The van der Waals surface area contributed by atoms with Crippen LogP contribution in [0.25, 0.3) is 0 Å². The highest BCUT2D eigenvalue weighted by Crippen LogP contribution is 2.43. The van der Waals surface area contributed by atoms with Crippen molar-refractivity contribution in [2.24, 2.45) is 0 Å². The molecular weight excluding hydrogens is 954 g/mol. The molecule has 0 rings (SSSR count). The molecule has 1 N–H and O–H groups in total. The molecule has 438 valence electrons. The number of hydrogen-bond donors (Lipinski definition) is 1. The normalized spacial score (nSPS) is 13.6. The molecule has 0 saturated heterocycles. The van der Waals surface area contributed by atoms with Gasteiger partial charge in [0.1, 0.15) is 19.8 Å². The van der Waals surface area contributed by atoms with Gasteiger partial charge in [0.15, 0.2) is 6.10 Å². The zero-order valence-corrected chi connectivity index (χ0v) is 50.7. The molecule has 0 aliphatic heterocycles. The van der Waals surface area contributed by atoms with Gasteiger partial charge in [0.25, 0.3) is 0 Å². The highest BCUT2D eigenvalue weighted by molar-refractivity contribution is 7.47. The number of carbonyl (C=O) groups excluding carboxylic acids is 2. The number of carbonyl (C=O) groups is 2. The van der Waals surface area contributed by atoms with Crippen LogP contribution < -0.4 is 0 Å². The lowest BCUT2D eigenvalue weighted by Crippen LogP contribution is -2.37. The maximum atomic E-state index is 12.8. The van der Waals surface area contributed by atoms with Crippen molar-refractivity contribution in [2.75, 3.05) is 47.5 Å². The molecule has 0 fully saturated rings. The monoisotopic (exact) mass is 1070 g/mol. The van der Waals surface area contributed by atoms with Crippen molar-refractivity contribution < 1.29 is 42.1 Å². The number of nitrogens with zero attached hydrogens (tertiary/aromatic N) is 1. The van der Waals surface area contributed by atoms with Crippen LogP contribution >= 0.6 is 7.82 Å². The number of phosphoric ester groups is 1. The first-order chi connectivity index (χ1) is 36.5. The van der Waals surface area contributed by atoms with Gasteiger partial charge in [0.2, 0.25) is 0 Å². The lowest BCUT2D eigenvalue weighted by molar-refractivity contribution is -0.870.